The van der Waals surface area contributed by atoms with Gasteiger partial charge in [0.25, 0.3) is 5.91 Å². The Morgan fingerprint density at radius 1 is 1.03 bits per heavy atom. The summed E-state index contributed by atoms with van der Waals surface area (Å²) in [5.41, 5.74) is 0.256. The maximum absolute atomic E-state index is 12.9. The molecule has 0 fully saturated rings. The number of hydrogen-bond donors (Lipinski definition) is 2. The highest BCUT2D eigenvalue weighted by molar-refractivity contribution is 7.08. The lowest BCUT2D eigenvalue weighted by Crippen LogP contribution is -2.18. The highest BCUT2D eigenvalue weighted by Gasteiger charge is 2.30. The molecule has 0 aliphatic rings. The number of benzene rings is 2. The lowest BCUT2D eigenvalue weighted by Gasteiger charge is -2.12. The Morgan fingerprint density at radius 3 is 2.62 bits per heavy atom. The number of halogens is 3. The Kier molecular flexibility index (Phi) is 6.73. The van der Waals surface area contributed by atoms with E-state index in [9.17, 15) is 22.8 Å². The molecular weight excluding hydrogens is 469 g/mol. The number of aryl methyl sites for hydroxylation is 1. The van der Waals surface area contributed by atoms with Gasteiger partial charge in [0.1, 0.15) is 0 Å². The van der Waals surface area contributed by atoms with Gasteiger partial charge in [0.05, 0.1) is 16.8 Å². The molecule has 0 saturated carbocycles. The van der Waals surface area contributed by atoms with Gasteiger partial charge in [0.2, 0.25) is 17.6 Å². The van der Waals surface area contributed by atoms with Gasteiger partial charge in [0, 0.05) is 29.5 Å². The molecule has 0 saturated heterocycles. The van der Waals surface area contributed by atoms with Gasteiger partial charge in [-0.25, -0.2) is 0 Å². The Balaban J connectivity index is 1.39. The molecule has 2 heterocycles. The highest BCUT2D eigenvalue weighted by Crippen LogP contribution is 2.31. The molecule has 2 amide bonds. The van der Waals surface area contributed by atoms with E-state index in [1.54, 1.807) is 12.1 Å². The molecule has 0 atom stereocenters. The molecule has 4 aromatic rings. The quantitative estimate of drug-likeness (QED) is 0.352. The number of para-hydroxylation sites is 1. The number of nitrogens with one attached hydrogen (secondary N) is 2. The Labute approximate surface area is 195 Å². The van der Waals surface area contributed by atoms with Crippen LogP contribution in [0.15, 0.2) is 69.9 Å². The first-order chi connectivity index (χ1) is 16.3. The van der Waals surface area contributed by atoms with Gasteiger partial charge in [0.15, 0.2) is 0 Å². The number of nitrogens with zero attached hydrogens (tertiary/aromatic N) is 2. The number of anilines is 2. The second-order valence-electron chi connectivity index (χ2n) is 7.15. The first-order valence-corrected chi connectivity index (χ1v) is 11.0. The van der Waals surface area contributed by atoms with E-state index >= 15 is 0 Å². The molecule has 0 radical (unpaired) electrons. The summed E-state index contributed by atoms with van der Waals surface area (Å²) in [6.45, 7) is 0. The number of alkyl halides is 3. The number of carbonyl (C=O) groups is 2. The molecule has 2 aromatic heterocycles. The van der Waals surface area contributed by atoms with Crippen LogP contribution in [-0.2, 0) is 17.4 Å². The maximum atomic E-state index is 12.9. The fourth-order valence-electron chi connectivity index (χ4n) is 3.06. The van der Waals surface area contributed by atoms with Crippen molar-refractivity contribution in [3.63, 3.8) is 0 Å². The second-order valence-corrected chi connectivity index (χ2v) is 7.93. The van der Waals surface area contributed by atoms with Crippen molar-refractivity contribution in [3.05, 3.63) is 82.4 Å². The minimum absolute atomic E-state index is 0.0150. The number of hydrogen-bond acceptors (Lipinski definition) is 6. The molecular formula is C23H17F3N4O3S. The Bertz CT molecular complexity index is 1300. The van der Waals surface area contributed by atoms with Crippen molar-refractivity contribution in [1.82, 2.24) is 10.1 Å². The number of amides is 2. The summed E-state index contributed by atoms with van der Waals surface area (Å²) in [5, 5.41) is 12.7. The van der Waals surface area contributed by atoms with Crippen molar-refractivity contribution in [3.8, 4) is 11.4 Å². The predicted octanol–water partition coefficient (Wildman–Crippen LogP) is 5.64. The van der Waals surface area contributed by atoms with Crippen LogP contribution < -0.4 is 10.6 Å². The lowest BCUT2D eigenvalue weighted by atomic mass is 10.1. The van der Waals surface area contributed by atoms with E-state index in [1.807, 2.05) is 16.8 Å². The van der Waals surface area contributed by atoms with Crippen molar-refractivity contribution in [1.29, 1.82) is 0 Å². The number of aromatic nitrogens is 2. The molecule has 34 heavy (non-hydrogen) atoms. The Morgan fingerprint density at radius 2 is 1.85 bits per heavy atom. The van der Waals surface area contributed by atoms with Crippen molar-refractivity contribution in [2.75, 3.05) is 10.6 Å². The summed E-state index contributed by atoms with van der Waals surface area (Å²) in [7, 11) is 0. The molecule has 2 aromatic carbocycles. The summed E-state index contributed by atoms with van der Waals surface area (Å²) in [4.78, 5) is 29.4. The molecule has 7 nitrogen and oxygen atoms in total. The van der Waals surface area contributed by atoms with E-state index in [0.29, 0.717) is 11.7 Å². The molecule has 0 spiro atoms. The fourth-order valence-corrected chi connectivity index (χ4v) is 3.69. The average Bonchev–Trinajstić information content (AvgIpc) is 3.50. The van der Waals surface area contributed by atoms with Crippen molar-refractivity contribution < 1.29 is 27.3 Å². The molecule has 2 N–H and O–H groups in total. The van der Waals surface area contributed by atoms with E-state index in [2.05, 4.69) is 20.8 Å². The van der Waals surface area contributed by atoms with E-state index in [0.717, 1.165) is 17.7 Å². The van der Waals surface area contributed by atoms with Crippen molar-refractivity contribution in [2.45, 2.75) is 19.0 Å². The molecule has 0 bridgehead atoms. The van der Waals surface area contributed by atoms with Crippen LogP contribution in [-0.4, -0.2) is 22.0 Å². The van der Waals surface area contributed by atoms with Crippen molar-refractivity contribution in [2.24, 2.45) is 0 Å². The number of rotatable bonds is 7. The standard InChI is InChI=1S/C23H17F3N4O3S/c24-23(25,26)15-4-3-5-16(12-15)27-22(32)17-6-1-2-7-18(17)28-19(31)8-9-20-29-21(30-33-20)14-10-11-34-13-14/h1-7,10-13H,8-9H2,(H,27,32)(H,28,31). The molecule has 0 aliphatic carbocycles. The third-order valence-corrected chi connectivity index (χ3v) is 5.39. The largest absolute Gasteiger partial charge is 0.416 e. The van der Waals surface area contributed by atoms with Crippen LogP contribution in [0.25, 0.3) is 11.4 Å². The minimum atomic E-state index is -4.53. The van der Waals surface area contributed by atoms with Gasteiger partial charge in [-0.15, -0.1) is 0 Å². The van der Waals surface area contributed by atoms with E-state index in [-0.39, 0.29) is 29.8 Å². The van der Waals surface area contributed by atoms with Gasteiger partial charge in [-0.1, -0.05) is 23.4 Å². The van der Waals surface area contributed by atoms with Crippen LogP contribution in [0.1, 0.15) is 28.2 Å². The zero-order valence-corrected chi connectivity index (χ0v) is 18.2. The van der Waals surface area contributed by atoms with Crippen molar-refractivity contribution >= 4 is 34.5 Å². The zero-order chi connectivity index (χ0) is 24.1. The molecule has 0 aliphatic heterocycles. The summed E-state index contributed by atoms with van der Waals surface area (Å²) in [6, 6.07) is 12.4. The van der Waals surface area contributed by atoms with E-state index in [1.165, 1.54) is 35.6 Å². The fraction of sp³-hybridized carbons (Fsp3) is 0.130. The van der Waals surface area contributed by atoms with E-state index in [4.69, 9.17) is 4.52 Å². The minimum Gasteiger partial charge on any atom is -0.339 e. The highest BCUT2D eigenvalue weighted by atomic mass is 32.1. The number of carbonyl (C=O) groups excluding carboxylic acids is 2. The van der Waals surface area contributed by atoms with Crippen LogP contribution in [0, 0.1) is 0 Å². The summed E-state index contributed by atoms with van der Waals surface area (Å²) in [5.74, 6) is -0.317. The van der Waals surface area contributed by atoms with Gasteiger partial charge < -0.3 is 15.2 Å². The molecule has 174 valence electrons. The van der Waals surface area contributed by atoms with Gasteiger partial charge in [-0.2, -0.15) is 29.5 Å². The smallest absolute Gasteiger partial charge is 0.339 e. The predicted molar refractivity (Wildman–Crippen MR) is 120 cm³/mol. The molecule has 4 rings (SSSR count). The molecule has 11 heteroatoms. The van der Waals surface area contributed by atoms with Crippen LogP contribution in [0.2, 0.25) is 0 Å². The zero-order valence-electron chi connectivity index (χ0n) is 17.4. The monoisotopic (exact) mass is 486 g/mol. The maximum Gasteiger partial charge on any atom is 0.416 e. The SMILES string of the molecule is O=C(CCc1nc(-c2ccsc2)no1)Nc1ccccc1C(=O)Nc1cccc(C(F)(F)F)c1. The average molecular weight is 486 g/mol. The summed E-state index contributed by atoms with van der Waals surface area (Å²) >= 11 is 1.50. The van der Waals surface area contributed by atoms with Crippen LogP contribution >= 0.6 is 11.3 Å². The van der Waals surface area contributed by atoms with Gasteiger partial charge >= 0.3 is 6.18 Å². The third-order valence-electron chi connectivity index (χ3n) is 4.71. The molecule has 0 unspecified atom stereocenters. The Hall–Kier alpha value is -3.99. The first-order valence-electron chi connectivity index (χ1n) is 10.0. The first kappa shape index (κ1) is 23.2. The van der Waals surface area contributed by atoms with Crippen LogP contribution in [0.5, 0.6) is 0 Å². The third kappa shape index (κ3) is 5.67. The van der Waals surface area contributed by atoms with Crippen LogP contribution in [0.4, 0.5) is 24.5 Å². The number of thiophene rings is 1. The van der Waals surface area contributed by atoms with E-state index < -0.39 is 23.6 Å². The van der Waals surface area contributed by atoms with Gasteiger partial charge in [-0.3, -0.25) is 9.59 Å². The lowest BCUT2D eigenvalue weighted by molar-refractivity contribution is -0.137. The van der Waals surface area contributed by atoms with Gasteiger partial charge in [-0.05, 0) is 41.8 Å². The summed E-state index contributed by atoms with van der Waals surface area (Å²) in [6.07, 6.45) is -4.31. The topological polar surface area (TPSA) is 97.1 Å². The summed E-state index contributed by atoms with van der Waals surface area (Å²) < 4.78 is 44.0. The van der Waals surface area contributed by atoms with Crippen LogP contribution in [0.3, 0.4) is 0 Å². The normalized spacial score (nSPS) is 11.3. The second kappa shape index (κ2) is 9.87.